The molecule has 55 heavy (non-hydrogen) atoms. The Bertz CT molecular complexity index is 2140. The first kappa shape index (κ1) is 38.8. The van der Waals surface area contributed by atoms with Crippen molar-refractivity contribution in [2.24, 2.45) is 14.1 Å². The van der Waals surface area contributed by atoms with Crippen LogP contribution in [0.5, 0.6) is 11.5 Å². The number of benzene rings is 2. The highest BCUT2D eigenvalue weighted by Gasteiger charge is 2.19. The molecule has 0 bridgehead atoms. The van der Waals surface area contributed by atoms with Gasteiger partial charge in [0.05, 0.1) is 61.7 Å². The Labute approximate surface area is 316 Å². The smallest absolute Gasteiger partial charge is 0.354 e. The number of carbonyl (C=O) groups is 2. The summed E-state index contributed by atoms with van der Waals surface area (Å²) in [6.45, 7) is 2.86. The number of hydrogen-bond acceptors (Lipinski definition) is 12. The zero-order chi connectivity index (χ0) is 38.9. The van der Waals surface area contributed by atoms with Crippen molar-refractivity contribution in [3.63, 3.8) is 0 Å². The maximum atomic E-state index is 11.9. The topological polar surface area (TPSA) is 191 Å². The van der Waals surface area contributed by atoms with Gasteiger partial charge in [-0.15, -0.1) is 0 Å². The Kier molecular flexibility index (Phi) is 12.6. The van der Waals surface area contributed by atoms with E-state index in [-0.39, 0.29) is 24.6 Å². The second-order valence-corrected chi connectivity index (χ2v) is 12.5. The van der Waals surface area contributed by atoms with E-state index in [2.05, 4.69) is 9.97 Å². The van der Waals surface area contributed by atoms with E-state index in [4.69, 9.17) is 38.4 Å². The predicted molar refractivity (Wildman–Crippen MR) is 201 cm³/mol. The van der Waals surface area contributed by atoms with Crippen LogP contribution < -0.4 is 9.47 Å². The highest BCUT2D eigenvalue weighted by molar-refractivity contribution is 5.88. The molecule has 16 heteroatoms. The number of aromatic nitrogens is 6. The first-order valence-electron chi connectivity index (χ1n) is 17.5. The number of hydrogen-bond donors (Lipinski definition) is 2. The largest absolute Gasteiger partial charge is 0.491 e. The first-order valence-corrected chi connectivity index (χ1v) is 17.5. The summed E-state index contributed by atoms with van der Waals surface area (Å²) in [5.74, 6) is -0.692. The molecule has 0 aliphatic rings. The van der Waals surface area contributed by atoms with Gasteiger partial charge in [-0.25, -0.2) is 29.5 Å². The molecule has 0 unspecified atom stereocenters. The van der Waals surface area contributed by atoms with Crippen LogP contribution in [-0.4, -0.2) is 118 Å². The number of carboxylic acid groups (broad SMARTS) is 2. The molecule has 0 fully saturated rings. The van der Waals surface area contributed by atoms with Crippen molar-refractivity contribution in [1.82, 2.24) is 29.1 Å². The number of rotatable bonds is 20. The lowest BCUT2D eigenvalue weighted by Crippen LogP contribution is -2.11. The molecule has 6 aromatic rings. The van der Waals surface area contributed by atoms with Crippen LogP contribution in [0.3, 0.4) is 0 Å². The minimum Gasteiger partial charge on any atom is -0.491 e. The van der Waals surface area contributed by atoms with Gasteiger partial charge in [-0.3, -0.25) is 0 Å². The van der Waals surface area contributed by atoms with Gasteiger partial charge >= 0.3 is 11.9 Å². The zero-order valence-corrected chi connectivity index (χ0v) is 31.0. The summed E-state index contributed by atoms with van der Waals surface area (Å²) >= 11 is 0. The van der Waals surface area contributed by atoms with Gasteiger partial charge in [-0.1, -0.05) is 12.1 Å². The standard InChI is InChI=1S/C39H42N6O10/c1-44-34-7-5-24(18-28(34)42-36(44)30-20-26(22-32(40-30)38(46)47)54-15-13-52-11-9-50-3)17-25-6-8-35-29(19-25)43-37(45(35)2)31-21-27(23-33(41-31)39(48)49)55-16-14-53-12-10-51-4/h5-8,18-23H,9-17H2,1-4H3,(H,46,47)(H,48,49). The number of aryl methyl sites for hydroxylation is 2. The monoisotopic (exact) mass is 754 g/mol. The van der Waals surface area contributed by atoms with Crippen LogP contribution in [0, 0.1) is 0 Å². The van der Waals surface area contributed by atoms with E-state index in [0.29, 0.717) is 80.6 Å². The minimum atomic E-state index is -1.18. The lowest BCUT2D eigenvalue weighted by Gasteiger charge is -2.10. The molecule has 16 nitrogen and oxygen atoms in total. The van der Waals surface area contributed by atoms with Gasteiger partial charge in [0, 0.05) is 52.6 Å². The number of fused-ring (bicyclic) bond motifs is 2. The van der Waals surface area contributed by atoms with Crippen molar-refractivity contribution in [3.8, 4) is 34.5 Å². The van der Waals surface area contributed by atoms with Crippen molar-refractivity contribution in [1.29, 1.82) is 0 Å². The number of nitrogens with zero attached hydrogens (tertiary/aromatic N) is 6. The van der Waals surface area contributed by atoms with E-state index >= 15 is 0 Å². The van der Waals surface area contributed by atoms with Crippen molar-refractivity contribution in [3.05, 3.63) is 83.2 Å². The van der Waals surface area contributed by atoms with Crippen LogP contribution >= 0.6 is 0 Å². The lowest BCUT2D eigenvalue weighted by atomic mass is 10.0. The maximum Gasteiger partial charge on any atom is 0.354 e. The summed E-state index contributed by atoms with van der Waals surface area (Å²) in [7, 11) is 6.89. The Morgan fingerprint density at radius 2 is 0.982 bits per heavy atom. The molecule has 0 spiro atoms. The number of pyridine rings is 2. The molecule has 288 valence electrons. The number of carboxylic acids is 2. The zero-order valence-electron chi connectivity index (χ0n) is 31.0. The molecule has 4 aromatic heterocycles. The van der Waals surface area contributed by atoms with E-state index in [1.807, 2.05) is 59.6 Å². The third kappa shape index (κ3) is 9.42. The molecular weight excluding hydrogens is 712 g/mol. The average molecular weight is 755 g/mol. The Morgan fingerprint density at radius 1 is 0.564 bits per heavy atom. The Balaban J connectivity index is 1.21. The molecule has 4 heterocycles. The van der Waals surface area contributed by atoms with E-state index in [0.717, 1.165) is 33.2 Å². The molecule has 0 saturated heterocycles. The molecule has 0 amide bonds. The van der Waals surface area contributed by atoms with E-state index < -0.39 is 11.9 Å². The maximum absolute atomic E-state index is 11.9. The summed E-state index contributed by atoms with van der Waals surface area (Å²) in [4.78, 5) is 42.2. The fourth-order valence-electron chi connectivity index (χ4n) is 5.96. The summed E-state index contributed by atoms with van der Waals surface area (Å²) in [5, 5.41) is 19.5. The van der Waals surface area contributed by atoms with Crippen LogP contribution in [0.15, 0.2) is 60.7 Å². The summed E-state index contributed by atoms with van der Waals surface area (Å²) in [5.41, 5.74) is 5.54. The fourth-order valence-corrected chi connectivity index (χ4v) is 5.96. The number of imidazole rings is 2. The van der Waals surface area contributed by atoms with Crippen LogP contribution in [0.1, 0.15) is 32.1 Å². The summed E-state index contributed by atoms with van der Waals surface area (Å²) in [6, 6.07) is 18.1. The summed E-state index contributed by atoms with van der Waals surface area (Å²) < 4.78 is 36.2. The minimum absolute atomic E-state index is 0.160. The quantitative estimate of drug-likeness (QED) is 0.102. The first-order chi connectivity index (χ1) is 26.6. The number of methoxy groups -OCH3 is 2. The van der Waals surface area contributed by atoms with Gasteiger partial charge in [0.1, 0.15) is 36.1 Å². The molecule has 6 rings (SSSR count). The second-order valence-electron chi connectivity index (χ2n) is 12.5. The molecule has 0 aliphatic carbocycles. The van der Waals surface area contributed by atoms with E-state index in [1.165, 1.54) is 12.1 Å². The van der Waals surface area contributed by atoms with Gasteiger partial charge in [0.2, 0.25) is 0 Å². The van der Waals surface area contributed by atoms with Gasteiger partial charge < -0.3 is 47.8 Å². The number of aromatic carboxylic acids is 2. The highest BCUT2D eigenvalue weighted by atomic mass is 16.5. The van der Waals surface area contributed by atoms with E-state index in [1.54, 1.807) is 26.4 Å². The predicted octanol–water partition coefficient (Wildman–Crippen LogP) is 4.65. The third-order valence-electron chi connectivity index (χ3n) is 8.65. The highest BCUT2D eigenvalue weighted by Crippen LogP contribution is 2.30. The molecule has 0 atom stereocenters. The average Bonchev–Trinajstić information content (AvgIpc) is 3.69. The normalized spacial score (nSPS) is 11.4. The molecular formula is C39H42N6O10. The van der Waals surface area contributed by atoms with Gasteiger partial charge in [0.25, 0.3) is 0 Å². The lowest BCUT2D eigenvalue weighted by molar-refractivity contribution is 0.0543. The number of ether oxygens (including phenoxy) is 6. The van der Waals surface area contributed by atoms with Crippen molar-refractivity contribution < 1.29 is 48.2 Å². The summed E-state index contributed by atoms with van der Waals surface area (Å²) in [6.07, 6.45) is 0.581. The molecule has 2 N–H and O–H groups in total. The third-order valence-corrected chi connectivity index (χ3v) is 8.65. The molecule has 2 aromatic carbocycles. The molecule has 0 radical (unpaired) electrons. The van der Waals surface area contributed by atoms with Gasteiger partial charge in [-0.2, -0.15) is 0 Å². The van der Waals surface area contributed by atoms with E-state index in [9.17, 15) is 19.8 Å². The molecule has 0 saturated carbocycles. The Hall–Kier alpha value is -5.94. The second kappa shape index (κ2) is 17.9. The van der Waals surface area contributed by atoms with Gasteiger partial charge in [0.15, 0.2) is 23.0 Å². The van der Waals surface area contributed by atoms with Crippen molar-refractivity contribution in [2.45, 2.75) is 6.42 Å². The van der Waals surface area contributed by atoms with Crippen molar-refractivity contribution >= 4 is 34.0 Å². The van der Waals surface area contributed by atoms with Crippen LogP contribution in [-0.2, 0) is 39.5 Å². The molecule has 0 aliphatic heterocycles. The fraction of sp³-hybridized carbons (Fsp3) is 0.333. The van der Waals surface area contributed by atoms with Crippen LogP contribution in [0.2, 0.25) is 0 Å². The van der Waals surface area contributed by atoms with Gasteiger partial charge in [-0.05, 0) is 41.8 Å². The van der Waals surface area contributed by atoms with Crippen molar-refractivity contribution in [2.75, 3.05) is 67.1 Å². The SMILES string of the molecule is COCCOCCOc1cc(C(=O)O)nc(-c2nc3cc(Cc4ccc5c(c4)nc(-c4cc(OCCOCCOC)cc(C(=O)O)n4)n5C)ccc3n2C)c1. The Morgan fingerprint density at radius 3 is 1.38 bits per heavy atom. The van der Waals surface area contributed by atoms with Crippen LogP contribution in [0.4, 0.5) is 0 Å². The van der Waals surface area contributed by atoms with Crippen LogP contribution in [0.25, 0.3) is 45.1 Å².